The van der Waals surface area contributed by atoms with Crippen LogP contribution in [-0.2, 0) is 5.60 Å². The van der Waals surface area contributed by atoms with Gasteiger partial charge >= 0.3 is 0 Å². The lowest BCUT2D eigenvalue weighted by Gasteiger charge is -2.36. The summed E-state index contributed by atoms with van der Waals surface area (Å²) < 4.78 is 12.5. The Bertz CT molecular complexity index is 894. The van der Waals surface area contributed by atoms with Gasteiger partial charge in [-0.3, -0.25) is 4.98 Å². The molecule has 1 aromatic heterocycles. The molecule has 0 bridgehead atoms. The van der Waals surface area contributed by atoms with Gasteiger partial charge in [0.2, 0.25) is 0 Å². The molecule has 2 aromatic rings. The molecule has 0 radical (unpaired) electrons. The molecule has 0 saturated heterocycles. The predicted molar refractivity (Wildman–Crippen MR) is 119 cm³/mol. The summed E-state index contributed by atoms with van der Waals surface area (Å²) >= 11 is 0. The lowest BCUT2D eigenvalue weighted by atomic mass is 9.82. The SMILES string of the molecule is C#CCOc1cc(C(C)C(C)CCCCC)cc2c1-c1cnccc1C(C)(C)O2. The van der Waals surface area contributed by atoms with Gasteiger partial charge in [0.15, 0.2) is 0 Å². The number of nitrogens with zero attached hydrogens (tertiary/aromatic N) is 1. The smallest absolute Gasteiger partial charge is 0.148 e. The van der Waals surface area contributed by atoms with Gasteiger partial charge in [-0.2, -0.15) is 0 Å². The molecule has 29 heavy (non-hydrogen) atoms. The van der Waals surface area contributed by atoms with Gasteiger partial charge in [0, 0.05) is 23.5 Å². The van der Waals surface area contributed by atoms with Crippen molar-refractivity contribution in [3.05, 3.63) is 41.7 Å². The van der Waals surface area contributed by atoms with E-state index in [1.165, 1.54) is 31.2 Å². The van der Waals surface area contributed by atoms with Crippen LogP contribution in [0.2, 0.25) is 0 Å². The third-order valence-corrected chi connectivity index (χ3v) is 6.15. The molecular formula is C26H33NO2. The van der Waals surface area contributed by atoms with Crippen molar-refractivity contribution in [2.75, 3.05) is 6.61 Å². The van der Waals surface area contributed by atoms with Crippen LogP contribution < -0.4 is 9.47 Å². The summed E-state index contributed by atoms with van der Waals surface area (Å²) in [5, 5.41) is 0. The quantitative estimate of drug-likeness (QED) is 0.370. The zero-order valence-corrected chi connectivity index (χ0v) is 18.4. The molecule has 154 valence electrons. The monoisotopic (exact) mass is 391 g/mol. The predicted octanol–water partition coefficient (Wildman–Crippen LogP) is 6.71. The van der Waals surface area contributed by atoms with Gasteiger partial charge in [0.25, 0.3) is 0 Å². The summed E-state index contributed by atoms with van der Waals surface area (Å²) in [5.41, 5.74) is 3.93. The molecule has 0 amide bonds. The Morgan fingerprint density at radius 1 is 1.24 bits per heavy atom. The first kappa shape index (κ1) is 21.2. The maximum Gasteiger partial charge on any atom is 0.148 e. The molecule has 3 rings (SSSR count). The summed E-state index contributed by atoms with van der Waals surface area (Å²) in [6, 6.07) is 6.36. The van der Waals surface area contributed by atoms with Gasteiger partial charge in [-0.1, -0.05) is 52.4 Å². The number of benzene rings is 1. The highest BCUT2D eigenvalue weighted by atomic mass is 16.5. The van der Waals surface area contributed by atoms with Crippen LogP contribution in [-0.4, -0.2) is 11.6 Å². The van der Waals surface area contributed by atoms with Crippen molar-refractivity contribution in [2.45, 2.75) is 71.8 Å². The molecule has 0 fully saturated rings. The van der Waals surface area contributed by atoms with Crippen LogP contribution >= 0.6 is 0 Å². The number of aromatic nitrogens is 1. The Morgan fingerprint density at radius 2 is 2.03 bits per heavy atom. The Morgan fingerprint density at radius 3 is 2.76 bits per heavy atom. The summed E-state index contributed by atoms with van der Waals surface area (Å²) in [4.78, 5) is 4.36. The molecule has 0 saturated carbocycles. The largest absolute Gasteiger partial charge is 0.482 e. The Hall–Kier alpha value is -2.47. The van der Waals surface area contributed by atoms with Gasteiger partial charge in [0.05, 0.1) is 5.56 Å². The fraction of sp³-hybridized carbons (Fsp3) is 0.500. The van der Waals surface area contributed by atoms with E-state index in [2.05, 4.69) is 57.7 Å². The van der Waals surface area contributed by atoms with Crippen molar-refractivity contribution in [1.29, 1.82) is 0 Å². The van der Waals surface area contributed by atoms with Crippen LogP contribution in [0, 0.1) is 18.3 Å². The normalized spacial score (nSPS) is 16.0. The molecule has 2 atom stereocenters. The van der Waals surface area contributed by atoms with Crippen molar-refractivity contribution in [3.8, 4) is 35.0 Å². The molecular weight excluding hydrogens is 358 g/mol. The van der Waals surface area contributed by atoms with Crippen molar-refractivity contribution < 1.29 is 9.47 Å². The van der Waals surface area contributed by atoms with E-state index in [1.807, 2.05) is 18.5 Å². The molecule has 1 aliphatic rings. The first-order chi connectivity index (χ1) is 13.9. The summed E-state index contributed by atoms with van der Waals surface area (Å²) in [5.74, 6) is 5.23. The summed E-state index contributed by atoms with van der Waals surface area (Å²) in [6.45, 7) is 11.3. The summed E-state index contributed by atoms with van der Waals surface area (Å²) in [7, 11) is 0. The molecule has 1 aliphatic heterocycles. The second-order valence-electron chi connectivity index (χ2n) is 8.68. The molecule has 2 unspecified atom stereocenters. The fourth-order valence-electron chi connectivity index (χ4n) is 4.20. The van der Waals surface area contributed by atoms with Crippen LogP contribution in [0.25, 0.3) is 11.1 Å². The van der Waals surface area contributed by atoms with Crippen molar-refractivity contribution in [2.24, 2.45) is 5.92 Å². The van der Waals surface area contributed by atoms with E-state index in [0.29, 0.717) is 11.8 Å². The van der Waals surface area contributed by atoms with Crippen molar-refractivity contribution >= 4 is 0 Å². The highest BCUT2D eigenvalue weighted by Crippen LogP contribution is 2.50. The minimum absolute atomic E-state index is 0.231. The van der Waals surface area contributed by atoms with Crippen LogP contribution in [0.3, 0.4) is 0 Å². The van der Waals surface area contributed by atoms with E-state index in [4.69, 9.17) is 15.9 Å². The zero-order chi connectivity index (χ0) is 21.0. The molecule has 0 spiro atoms. The first-order valence-electron chi connectivity index (χ1n) is 10.8. The zero-order valence-electron chi connectivity index (χ0n) is 18.4. The minimum Gasteiger partial charge on any atom is -0.482 e. The lowest BCUT2D eigenvalue weighted by molar-refractivity contribution is 0.105. The highest BCUT2D eigenvalue weighted by Gasteiger charge is 2.35. The van der Waals surface area contributed by atoms with E-state index in [1.54, 1.807) is 0 Å². The summed E-state index contributed by atoms with van der Waals surface area (Å²) in [6.07, 6.45) is 14.2. The molecule has 0 aliphatic carbocycles. The Balaban J connectivity index is 2.04. The third kappa shape index (κ3) is 4.42. The van der Waals surface area contributed by atoms with Gasteiger partial charge in [0.1, 0.15) is 23.7 Å². The lowest BCUT2D eigenvalue weighted by Crippen LogP contribution is -2.29. The second kappa shape index (κ2) is 8.91. The van der Waals surface area contributed by atoms with Gasteiger partial charge in [-0.15, -0.1) is 6.42 Å². The van der Waals surface area contributed by atoms with Crippen LogP contribution in [0.1, 0.15) is 77.3 Å². The maximum absolute atomic E-state index is 6.48. The second-order valence-corrected chi connectivity index (χ2v) is 8.68. The average Bonchev–Trinajstić information content (AvgIpc) is 2.70. The van der Waals surface area contributed by atoms with Crippen molar-refractivity contribution in [3.63, 3.8) is 0 Å². The molecule has 2 heterocycles. The Kier molecular flexibility index (Phi) is 6.52. The van der Waals surface area contributed by atoms with Gasteiger partial charge in [-0.25, -0.2) is 0 Å². The van der Waals surface area contributed by atoms with E-state index in [0.717, 1.165) is 28.2 Å². The van der Waals surface area contributed by atoms with Crippen molar-refractivity contribution in [1.82, 2.24) is 4.98 Å². The number of ether oxygens (including phenoxy) is 2. The number of terminal acetylenes is 1. The maximum atomic E-state index is 6.48. The van der Waals surface area contributed by atoms with E-state index >= 15 is 0 Å². The third-order valence-electron chi connectivity index (χ3n) is 6.15. The topological polar surface area (TPSA) is 31.4 Å². The molecule has 0 N–H and O–H groups in total. The number of hydrogen-bond acceptors (Lipinski definition) is 3. The van der Waals surface area contributed by atoms with E-state index < -0.39 is 5.60 Å². The van der Waals surface area contributed by atoms with Crippen LogP contribution in [0.5, 0.6) is 11.5 Å². The van der Waals surface area contributed by atoms with Crippen LogP contribution in [0.4, 0.5) is 0 Å². The minimum atomic E-state index is -0.427. The first-order valence-corrected chi connectivity index (χ1v) is 10.8. The van der Waals surface area contributed by atoms with E-state index in [9.17, 15) is 0 Å². The van der Waals surface area contributed by atoms with Crippen LogP contribution in [0.15, 0.2) is 30.6 Å². The number of hydrogen-bond donors (Lipinski definition) is 0. The fourth-order valence-corrected chi connectivity index (χ4v) is 4.20. The molecule has 3 nitrogen and oxygen atoms in total. The van der Waals surface area contributed by atoms with Gasteiger partial charge in [-0.05, 0) is 49.4 Å². The molecule has 3 heteroatoms. The molecule has 1 aromatic carbocycles. The number of unbranched alkanes of at least 4 members (excludes halogenated alkanes) is 2. The van der Waals surface area contributed by atoms with E-state index in [-0.39, 0.29) is 6.61 Å². The highest BCUT2D eigenvalue weighted by molar-refractivity contribution is 5.81. The standard InChI is InChI=1S/C26H33NO2/c1-7-9-10-11-18(3)19(4)20-15-23(28-14-8-2)25-21-17-27-13-12-22(21)26(5,6)29-24(25)16-20/h2,12-13,15-19H,7,9-11,14H2,1,3-6H3. The Labute approximate surface area is 175 Å². The number of pyridine rings is 1. The average molecular weight is 392 g/mol. The van der Waals surface area contributed by atoms with Gasteiger partial charge < -0.3 is 9.47 Å². The number of rotatable bonds is 8. The number of fused-ring (bicyclic) bond motifs is 3.